The smallest absolute Gasteiger partial charge is 0.360 e. The van der Waals surface area contributed by atoms with Crippen LogP contribution in [0.4, 0.5) is 0 Å². The van der Waals surface area contributed by atoms with E-state index in [0.29, 0.717) is 12.2 Å². The van der Waals surface area contributed by atoms with Crippen molar-refractivity contribution < 1.29 is 9.53 Å². The highest BCUT2D eigenvalue weighted by molar-refractivity contribution is 5.88. The Morgan fingerprint density at radius 2 is 2.05 bits per heavy atom. The van der Waals surface area contributed by atoms with E-state index in [1.807, 2.05) is 30.3 Å². The van der Waals surface area contributed by atoms with Crippen molar-refractivity contribution in [1.29, 1.82) is 0 Å². The van der Waals surface area contributed by atoms with Crippen molar-refractivity contribution in [2.24, 2.45) is 0 Å². The highest BCUT2D eigenvalue weighted by Gasteiger charge is 2.19. The van der Waals surface area contributed by atoms with Gasteiger partial charge in [-0.1, -0.05) is 48.9 Å². The SMILES string of the molecule is CCCc1c(C(=O)OC)nnn1Cc1ccccc1. The van der Waals surface area contributed by atoms with Gasteiger partial charge in [-0.2, -0.15) is 0 Å². The van der Waals surface area contributed by atoms with Crippen LogP contribution in [0.3, 0.4) is 0 Å². The Labute approximate surface area is 112 Å². The summed E-state index contributed by atoms with van der Waals surface area (Å²) in [5.41, 5.74) is 2.28. The van der Waals surface area contributed by atoms with Crippen LogP contribution in [0.1, 0.15) is 35.1 Å². The van der Waals surface area contributed by atoms with Crippen LogP contribution in [-0.4, -0.2) is 28.1 Å². The minimum absolute atomic E-state index is 0.320. The largest absolute Gasteiger partial charge is 0.464 e. The van der Waals surface area contributed by atoms with Gasteiger partial charge in [0.15, 0.2) is 5.69 Å². The molecule has 5 heteroatoms. The number of aromatic nitrogens is 3. The van der Waals surface area contributed by atoms with Crippen LogP contribution < -0.4 is 0 Å². The highest BCUT2D eigenvalue weighted by atomic mass is 16.5. The van der Waals surface area contributed by atoms with Crippen LogP contribution in [0, 0.1) is 0 Å². The molecule has 0 amide bonds. The molecule has 1 aromatic carbocycles. The van der Waals surface area contributed by atoms with E-state index in [4.69, 9.17) is 4.74 Å². The van der Waals surface area contributed by atoms with Crippen molar-refractivity contribution in [2.75, 3.05) is 7.11 Å². The maximum Gasteiger partial charge on any atom is 0.360 e. The zero-order valence-corrected chi connectivity index (χ0v) is 11.2. The summed E-state index contributed by atoms with van der Waals surface area (Å²) in [6.45, 7) is 2.67. The summed E-state index contributed by atoms with van der Waals surface area (Å²) in [4.78, 5) is 11.6. The molecule has 100 valence electrons. The van der Waals surface area contributed by atoms with E-state index in [-0.39, 0.29) is 0 Å². The van der Waals surface area contributed by atoms with E-state index in [2.05, 4.69) is 17.2 Å². The second-order valence-electron chi connectivity index (χ2n) is 4.27. The van der Waals surface area contributed by atoms with Crippen LogP contribution in [0.2, 0.25) is 0 Å². The molecular weight excluding hydrogens is 242 g/mol. The summed E-state index contributed by atoms with van der Waals surface area (Å²) >= 11 is 0. The Balaban J connectivity index is 2.30. The summed E-state index contributed by atoms with van der Waals surface area (Å²) < 4.78 is 6.50. The lowest BCUT2D eigenvalue weighted by molar-refractivity contribution is 0.0592. The third-order valence-electron chi connectivity index (χ3n) is 2.88. The first-order chi connectivity index (χ1) is 9.26. The topological polar surface area (TPSA) is 57.0 Å². The number of carbonyl (C=O) groups excluding carboxylic acids is 1. The van der Waals surface area contributed by atoms with Gasteiger partial charge in [0.05, 0.1) is 19.3 Å². The monoisotopic (exact) mass is 259 g/mol. The average molecular weight is 259 g/mol. The van der Waals surface area contributed by atoms with Crippen molar-refractivity contribution in [3.05, 3.63) is 47.3 Å². The van der Waals surface area contributed by atoms with Crippen molar-refractivity contribution in [3.63, 3.8) is 0 Å². The van der Waals surface area contributed by atoms with Gasteiger partial charge in [-0.05, 0) is 12.0 Å². The van der Waals surface area contributed by atoms with Gasteiger partial charge in [-0.25, -0.2) is 9.48 Å². The Kier molecular flexibility index (Phi) is 4.28. The van der Waals surface area contributed by atoms with E-state index in [1.54, 1.807) is 4.68 Å². The van der Waals surface area contributed by atoms with Gasteiger partial charge in [0.25, 0.3) is 0 Å². The average Bonchev–Trinajstić information content (AvgIpc) is 2.83. The maximum atomic E-state index is 11.6. The van der Waals surface area contributed by atoms with Crippen molar-refractivity contribution in [3.8, 4) is 0 Å². The molecule has 0 aliphatic carbocycles. The first-order valence-electron chi connectivity index (χ1n) is 6.30. The predicted molar refractivity (Wildman–Crippen MR) is 70.9 cm³/mol. The van der Waals surface area contributed by atoms with Crippen LogP contribution >= 0.6 is 0 Å². The van der Waals surface area contributed by atoms with Gasteiger partial charge in [-0.3, -0.25) is 0 Å². The molecule has 0 N–H and O–H groups in total. The van der Waals surface area contributed by atoms with Crippen LogP contribution in [0.25, 0.3) is 0 Å². The first-order valence-corrected chi connectivity index (χ1v) is 6.30. The van der Waals surface area contributed by atoms with Crippen LogP contribution in [-0.2, 0) is 17.7 Å². The maximum absolute atomic E-state index is 11.6. The number of hydrogen-bond donors (Lipinski definition) is 0. The lowest BCUT2D eigenvalue weighted by Crippen LogP contribution is -2.10. The Morgan fingerprint density at radius 1 is 1.32 bits per heavy atom. The molecular formula is C14H17N3O2. The molecule has 19 heavy (non-hydrogen) atoms. The van der Waals surface area contributed by atoms with E-state index < -0.39 is 5.97 Å². The number of esters is 1. The number of ether oxygens (including phenoxy) is 1. The third-order valence-corrected chi connectivity index (χ3v) is 2.88. The molecule has 0 atom stereocenters. The van der Waals surface area contributed by atoms with Crippen molar-refractivity contribution >= 4 is 5.97 Å². The molecule has 0 saturated heterocycles. The molecule has 2 rings (SSSR count). The quantitative estimate of drug-likeness (QED) is 0.771. The zero-order valence-electron chi connectivity index (χ0n) is 11.2. The molecule has 0 fully saturated rings. The second-order valence-corrected chi connectivity index (χ2v) is 4.27. The lowest BCUT2D eigenvalue weighted by atomic mass is 10.2. The van der Waals surface area contributed by atoms with Gasteiger partial charge in [-0.15, -0.1) is 5.10 Å². The molecule has 0 aliphatic heterocycles. The van der Waals surface area contributed by atoms with Crippen LogP contribution in [0.15, 0.2) is 30.3 Å². The number of carbonyl (C=O) groups is 1. The van der Waals surface area contributed by atoms with Gasteiger partial charge < -0.3 is 4.74 Å². The number of hydrogen-bond acceptors (Lipinski definition) is 4. The first kappa shape index (κ1) is 13.3. The summed E-state index contributed by atoms with van der Waals surface area (Å²) in [5, 5.41) is 8.00. The Morgan fingerprint density at radius 3 is 2.68 bits per heavy atom. The minimum atomic E-state index is -0.428. The van der Waals surface area contributed by atoms with E-state index in [9.17, 15) is 4.79 Å². The van der Waals surface area contributed by atoms with Crippen LogP contribution in [0.5, 0.6) is 0 Å². The van der Waals surface area contributed by atoms with Gasteiger partial charge in [0.1, 0.15) is 0 Å². The fraction of sp³-hybridized carbons (Fsp3) is 0.357. The van der Waals surface area contributed by atoms with E-state index in [0.717, 1.165) is 24.1 Å². The third kappa shape index (κ3) is 2.99. The molecule has 5 nitrogen and oxygen atoms in total. The fourth-order valence-corrected chi connectivity index (χ4v) is 1.96. The molecule has 0 bridgehead atoms. The Hall–Kier alpha value is -2.17. The lowest BCUT2D eigenvalue weighted by Gasteiger charge is -2.06. The molecule has 2 aromatic rings. The normalized spacial score (nSPS) is 10.4. The Bertz CT molecular complexity index is 549. The highest BCUT2D eigenvalue weighted by Crippen LogP contribution is 2.12. The molecule has 0 unspecified atom stereocenters. The molecule has 0 aliphatic rings. The standard InChI is InChI=1S/C14H17N3O2/c1-3-7-12-13(14(18)19-2)15-16-17(12)10-11-8-5-4-6-9-11/h4-6,8-9H,3,7,10H2,1-2H3. The van der Waals surface area contributed by atoms with Gasteiger partial charge in [0.2, 0.25) is 0 Å². The molecule has 0 spiro atoms. The summed E-state index contributed by atoms with van der Waals surface area (Å²) in [5.74, 6) is -0.428. The molecule has 1 aromatic heterocycles. The molecule has 0 radical (unpaired) electrons. The van der Waals surface area contributed by atoms with Crippen molar-refractivity contribution in [1.82, 2.24) is 15.0 Å². The molecule has 1 heterocycles. The summed E-state index contributed by atoms with van der Waals surface area (Å²) in [6.07, 6.45) is 1.68. The van der Waals surface area contributed by atoms with E-state index in [1.165, 1.54) is 7.11 Å². The number of benzene rings is 1. The fourth-order valence-electron chi connectivity index (χ4n) is 1.96. The predicted octanol–water partition coefficient (Wildman–Crippen LogP) is 2.07. The van der Waals surface area contributed by atoms with E-state index >= 15 is 0 Å². The minimum Gasteiger partial charge on any atom is -0.464 e. The number of rotatable bonds is 5. The molecule has 0 saturated carbocycles. The van der Waals surface area contributed by atoms with Gasteiger partial charge in [0, 0.05) is 0 Å². The van der Waals surface area contributed by atoms with Gasteiger partial charge >= 0.3 is 5.97 Å². The summed E-state index contributed by atoms with van der Waals surface area (Å²) in [6, 6.07) is 9.97. The second kappa shape index (κ2) is 6.13. The zero-order chi connectivity index (χ0) is 13.7. The van der Waals surface area contributed by atoms with Crippen molar-refractivity contribution in [2.45, 2.75) is 26.3 Å². The number of methoxy groups -OCH3 is 1. The number of nitrogens with zero attached hydrogens (tertiary/aromatic N) is 3. The summed E-state index contributed by atoms with van der Waals surface area (Å²) in [7, 11) is 1.36.